The summed E-state index contributed by atoms with van der Waals surface area (Å²) in [6, 6.07) is 4.47. The van der Waals surface area contributed by atoms with E-state index in [4.69, 9.17) is 15.2 Å². The number of primary amides is 1. The van der Waals surface area contributed by atoms with E-state index in [2.05, 4.69) is 10.3 Å². The maximum Gasteiger partial charge on any atom is 0.413 e. The first-order valence-electron chi connectivity index (χ1n) is 11.9. The molecule has 1 heterocycles. The van der Waals surface area contributed by atoms with Gasteiger partial charge in [0.05, 0.1) is 24.9 Å². The first-order valence-corrected chi connectivity index (χ1v) is 11.9. The van der Waals surface area contributed by atoms with Crippen LogP contribution in [0.3, 0.4) is 0 Å². The fraction of sp³-hybridized carbons (Fsp3) is 0.583. The molecule has 10 heteroatoms. The van der Waals surface area contributed by atoms with Gasteiger partial charge in [0.25, 0.3) is 0 Å². The molecule has 0 spiro atoms. The van der Waals surface area contributed by atoms with Gasteiger partial charge >= 0.3 is 12.1 Å². The van der Waals surface area contributed by atoms with Crippen molar-refractivity contribution in [1.29, 1.82) is 0 Å². The highest BCUT2D eigenvalue weighted by molar-refractivity contribution is 6.04. The Morgan fingerprint density at radius 1 is 1.24 bits per heavy atom. The van der Waals surface area contributed by atoms with E-state index < -0.39 is 18.2 Å². The summed E-state index contributed by atoms with van der Waals surface area (Å²) < 4.78 is 10.8. The molecule has 3 rings (SSSR count). The van der Waals surface area contributed by atoms with Crippen LogP contribution in [0.4, 0.5) is 15.3 Å². The summed E-state index contributed by atoms with van der Waals surface area (Å²) in [5, 5.41) is 2.47. The zero-order valence-corrected chi connectivity index (χ0v) is 20.2. The van der Waals surface area contributed by atoms with Crippen LogP contribution in [0.5, 0.6) is 5.75 Å². The Morgan fingerprint density at radius 3 is 2.65 bits per heavy atom. The largest absolute Gasteiger partial charge is 0.494 e. The van der Waals surface area contributed by atoms with E-state index in [-0.39, 0.29) is 18.5 Å². The number of carbonyl (C=O) groups excluding carboxylic acids is 3. The van der Waals surface area contributed by atoms with E-state index in [0.717, 1.165) is 18.4 Å². The normalized spacial score (nSPS) is 17.9. The molecule has 1 aromatic carbocycles. The molecule has 1 unspecified atom stereocenters. The van der Waals surface area contributed by atoms with Gasteiger partial charge in [-0.1, -0.05) is 19.3 Å². The summed E-state index contributed by atoms with van der Waals surface area (Å²) in [6.07, 6.45) is 6.17. The number of hydrogen-bond donors (Lipinski definition) is 2. The van der Waals surface area contributed by atoms with Crippen LogP contribution in [-0.2, 0) is 9.53 Å². The van der Waals surface area contributed by atoms with Crippen LogP contribution in [-0.4, -0.2) is 60.1 Å². The lowest BCUT2D eigenvalue weighted by atomic mass is 9.94. The molecule has 1 aromatic rings. The summed E-state index contributed by atoms with van der Waals surface area (Å²) in [5.41, 5.74) is 6.87. The van der Waals surface area contributed by atoms with Gasteiger partial charge in [-0.3, -0.25) is 15.0 Å². The highest BCUT2D eigenvalue weighted by Crippen LogP contribution is 2.36. The van der Waals surface area contributed by atoms with Crippen molar-refractivity contribution in [2.75, 3.05) is 20.3 Å². The van der Waals surface area contributed by atoms with Crippen LogP contribution >= 0.6 is 0 Å². The predicted octanol–water partition coefficient (Wildman–Crippen LogP) is 3.83. The zero-order valence-electron chi connectivity index (χ0n) is 20.2. The third-order valence-electron chi connectivity index (χ3n) is 6.34. The van der Waals surface area contributed by atoms with Crippen LogP contribution in [0.2, 0.25) is 0 Å². The van der Waals surface area contributed by atoms with Crippen molar-refractivity contribution in [3.63, 3.8) is 0 Å². The zero-order chi connectivity index (χ0) is 24.7. The van der Waals surface area contributed by atoms with Crippen LogP contribution < -0.4 is 15.8 Å². The molecule has 1 atom stereocenters. The molecule has 3 N–H and O–H groups in total. The van der Waals surface area contributed by atoms with Crippen molar-refractivity contribution >= 4 is 29.7 Å². The monoisotopic (exact) mass is 473 g/mol. The van der Waals surface area contributed by atoms with Gasteiger partial charge in [0.2, 0.25) is 11.9 Å². The lowest BCUT2D eigenvalue weighted by molar-refractivity contribution is -0.132. The molecular weight excluding hydrogens is 438 g/mol. The van der Waals surface area contributed by atoms with Crippen molar-refractivity contribution in [3.8, 4) is 5.75 Å². The second kappa shape index (κ2) is 11.7. The number of rotatable bonds is 7. The van der Waals surface area contributed by atoms with E-state index >= 15 is 0 Å². The number of nitrogens with zero attached hydrogens (tertiary/aromatic N) is 3. The number of carbonyl (C=O) groups is 3. The summed E-state index contributed by atoms with van der Waals surface area (Å²) in [5.74, 6) is 0.781. The highest BCUT2D eigenvalue weighted by Gasteiger charge is 2.32. The maximum absolute atomic E-state index is 12.5. The lowest BCUT2D eigenvalue weighted by Crippen LogP contribution is -2.51. The van der Waals surface area contributed by atoms with E-state index in [1.54, 1.807) is 32.0 Å². The van der Waals surface area contributed by atoms with Gasteiger partial charge in [-0.2, -0.15) is 0 Å². The number of fused-ring (bicyclic) bond motifs is 1. The van der Waals surface area contributed by atoms with Crippen molar-refractivity contribution in [2.45, 2.75) is 70.9 Å². The number of ether oxygens (including phenoxy) is 2. The fourth-order valence-corrected chi connectivity index (χ4v) is 4.45. The Morgan fingerprint density at radius 2 is 1.97 bits per heavy atom. The summed E-state index contributed by atoms with van der Waals surface area (Å²) in [4.78, 5) is 43.9. The van der Waals surface area contributed by atoms with E-state index in [1.165, 1.54) is 24.2 Å². The van der Waals surface area contributed by atoms with Crippen molar-refractivity contribution in [3.05, 3.63) is 23.8 Å². The molecule has 186 valence electrons. The quantitative estimate of drug-likeness (QED) is 0.582. The third kappa shape index (κ3) is 6.18. The standard InChI is InChI=1S/C24H35N5O5/c1-4-33-24(32)27-23-26-20-13-12-18(15-19(20)16(2)29(23)22(25)31)34-14-8-11-21(30)28(3)17-9-6-5-7-10-17/h12-13,15-17H,4-11,14H2,1-3H3,(H2,25,31)(H,26,27,32). The molecule has 1 aliphatic carbocycles. The lowest BCUT2D eigenvalue weighted by Gasteiger charge is -2.33. The number of amides is 4. The smallest absolute Gasteiger partial charge is 0.413 e. The second-order valence-electron chi connectivity index (χ2n) is 8.63. The summed E-state index contributed by atoms with van der Waals surface area (Å²) >= 11 is 0. The Kier molecular flexibility index (Phi) is 8.72. The SMILES string of the molecule is CCOC(=O)NC1=Nc2ccc(OCCCC(=O)N(C)C3CCCCC3)cc2C(C)N1C(N)=O. The third-order valence-corrected chi connectivity index (χ3v) is 6.34. The van der Waals surface area contributed by atoms with Crippen molar-refractivity contribution < 1.29 is 23.9 Å². The molecule has 0 radical (unpaired) electrons. The van der Waals surface area contributed by atoms with Crippen molar-refractivity contribution in [2.24, 2.45) is 10.7 Å². The van der Waals surface area contributed by atoms with Gasteiger partial charge in [0.15, 0.2) is 0 Å². The Hall–Kier alpha value is -3.30. The molecule has 1 saturated carbocycles. The number of nitrogens with two attached hydrogens (primary N) is 1. The fourth-order valence-electron chi connectivity index (χ4n) is 4.45. The minimum Gasteiger partial charge on any atom is -0.494 e. The molecule has 0 aromatic heterocycles. The van der Waals surface area contributed by atoms with Gasteiger partial charge < -0.3 is 20.1 Å². The number of benzene rings is 1. The highest BCUT2D eigenvalue weighted by atomic mass is 16.5. The first kappa shape index (κ1) is 25.3. The number of urea groups is 1. The Labute approximate surface area is 200 Å². The van der Waals surface area contributed by atoms with Gasteiger partial charge in [-0.25, -0.2) is 14.6 Å². The molecule has 1 aliphatic heterocycles. The Balaban J connectivity index is 1.59. The average Bonchev–Trinajstić information content (AvgIpc) is 2.82. The first-order chi connectivity index (χ1) is 16.3. The van der Waals surface area contributed by atoms with Crippen molar-refractivity contribution in [1.82, 2.24) is 15.1 Å². The molecule has 0 saturated heterocycles. The van der Waals surface area contributed by atoms with Gasteiger partial charge in [0.1, 0.15) is 5.75 Å². The molecule has 1 fully saturated rings. The predicted molar refractivity (Wildman–Crippen MR) is 128 cm³/mol. The number of aliphatic imine (C=N–C) groups is 1. The number of nitrogens with one attached hydrogen (secondary N) is 1. The molecule has 0 bridgehead atoms. The molecule has 2 aliphatic rings. The van der Waals surface area contributed by atoms with Crippen LogP contribution in [0.25, 0.3) is 0 Å². The maximum atomic E-state index is 12.5. The van der Waals surface area contributed by atoms with E-state index in [9.17, 15) is 14.4 Å². The summed E-state index contributed by atoms with van der Waals surface area (Å²) in [6.45, 7) is 4.05. The van der Waals surface area contributed by atoms with E-state index in [0.29, 0.717) is 36.9 Å². The number of hydrogen-bond acceptors (Lipinski definition) is 6. The molecule has 4 amide bonds. The van der Waals surface area contributed by atoms with Gasteiger partial charge in [0, 0.05) is 25.1 Å². The van der Waals surface area contributed by atoms with E-state index in [1.807, 2.05) is 11.9 Å². The molecular formula is C24H35N5O5. The topological polar surface area (TPSA) is 127 Å². The minimum absolute atomic E-state index is 0.0141. The number of guanidine groups is 1. The van der Waals surface area contributed by atoms with Crippen LogP contribution in [0.15, 0.2) is 23.2 Å². The molecule has 34 heavy (non-hydrogen) atoms. The van der Waals surface area contributed by atoms with Crippen LogP contribution in [0.1, 0.15) is 70.4 Å². The van der Waals surface area contributed by atoms with Crippen LogP contribution in [0, 0.1) is 0 Å². The summed E-state index contributed by atoms with van der Waals surface area (Å²) in [7, 11) is 1.90. The van der Waals surface area contributed by atoms with Gasteiger partial charge in [-0.05, 0) is 51.3 Å². The minimum atomic E-state index is -0.749. The van der Waals surface area contributed by atoms with Gasteiger partial charge in [-0.15, -0.1) is 0 Å². The Bertz CT molecular complexity index is 928. The second-order valence-corrected chi connectivity index (χ2v) is 8.63. The average molecular weight is 474 g/mol. The number of alkyl carbamates (subject to hydrolysis) is 1. The molecule has 10 nitrogen and oxygen atoms in total.